The van der Waals surface area contributed by atoms with Crippen molar-refractivity contribution in [3.63, 3.8) is 0 Å². The summed E-state index contributed by atoms with van der Waals surface area (Å²) in [5, 5.41) is 3.83. The van der Waals surface area contributed by atoms with Gasteiger partial charge in [0, 0.05) is 24.1 Å². The van der Waals surface area contributed by atoms with Crippen LogP contribution in [0.3, 0.4) is 0 Å². The summed E-state index contributed by atoms with van der Waals surface area (Å²) in [5.41, 5.74) is 6.69. The van der Waals surface area contributed by atoms with Crippen LogP contribution in [0.2, 0.25) is 0 Å². The molecule has 186 valence electrons. The number of nitrogens with one attached hydrogen (secondary N) is 1. The number of imidazole rings is 1. The molecule has 5 nitrogen and oxygen atoms in total. The number of fused-ring (bicyclic) bond motifs is 1. The monoisotopic (exact) mass is 510 g/mol. The number of rotatable bonds is 9. The Morgan fingerprint density at radius 2 is 1.70 bits per heavy atom. The van der Waals surface area contributed by atoms with Gasteiger partial charge in [0.2, 0.25) is 0 Å². The number of carbonyl (C=O) groups excluding carboxylic acids is 1. The molecule has 0 unspecified atom stereocenters. The number of benzene rings is 3. The number of pyridine rings is 1. The maximum absolute atomic E-state index is 13.8. The number of carbonyl (C=O) groups is 1. The zero-order valence-electron chi connectivity index (χ0n) is 20.5. The summed E-state index contributed by atoms with van der Waals surface area (Å²) in [4.78, 5) is 21.6. The molecule has 0 radical (unpaired) electrons. The van der Waals surface area contributed by atoms with E-state index < -0.39 is 0 Å². The first-order valence-corrected chi connectivity index (χ1v) is 13.2. The van der Waals surface area contributed by atoms with Crippen LogP contribution in [-0.4, -0.2) is 20.4 Å². The van der Waals surface area contributed by atoms with Crippen molar-refractivity contribution in [2.75, 3.05) is 0 Å². The van der Waals surface area contributed by atoms with Gasteiger partial charge in [-0.05, 0) is 59.0 Å². The Hall–Kier alpha value is -3.97. The second-order valence-corrected chi connectivity index (χ2v) is 9.76. The molecule has 0 bridgehead atoms. The predicted molar refractivity (Wildman–Crippen MR) is 146 cm³/mol. The van der Waals surface area contributed by atoms with E-state index in [1.54, 1.807) is 36.3 Å². The lowest BCUT2D eigenvalue weighted by molar-refractivity contribution is 0.0951. The number of halogens is 1. The van der Waals surface area contributed by atoms with E-state index in [2.05, 4.69) is 46.1 Å². The smallest absolute Gasteiger partial charge is 0.251 e. The topological polar surface area (TPSA) is 59.8 Å². The normalized spacial score (nSPS) is 11.1. The molecule has 5 aromatic rings. The molecule has 0 saturated heterocycles. The molecule has 0 atom stereocenters. The van der Waals surface area contributed by atoms with Crippen LogP contribution in [0.5, 0.6) is 0 Å². The molecule has 1 amide bonds. The SMILES string of the molecule is CCc1ccc(CNC(=O)c2ccc(CSc3nc4ccncc4n3Cc3cccc(F)c3)cc2)cc1. The van der Waals surface area contributed by atoms with E-state index in [4.69, 9.17) is 4.98 Å². The molecule has 0 aliphatic heterocycles. The van der Waals surface area contributed by atoms with Crippen molar-refractivity contribution in [2.24, 2.45) is 0 Å². The number of amides is 1. The van der Waals surface area contributed by atoms with Crippen molar-refractivity contribution in [1.82, 2.24) is 19.9 Å². The van der Waals surface area contributed by atoms with Gasteiger partial charge < -0.3 is 9.88 Å². The van der Waals surface area contributed by atoms with Crippen LogP contribution < -0.4 is 5.32 Å². The van der Waals surface area contributed by atoms with Gasteiger partial charge in [0.1, 0.15) is 5.82 Å². The lowest BCUT2D eigenvalue weighted by Gasteiger charge is -2.10. The van der Waals surface area contributed by atoms with Gasteiger partial charge in [-0.15, -0.1) is 0 Å². The van der Waals surface area contributed by atoms with Crippen molar-refractivity contribution in [2.45, 2.75) is 37.3 Å². The zero-order chi connectivity index (χ0) is 25.6. The average Bonchev–Trinajstić information content (AvgIpc) is 3.28. The Morgan fingerprint density at radius 3 is 2.46 bits per heavy atom. The summed E-state index contributed by atoms with van der Waals surface area (Å²) < 4.78 is 15.8. The van der Waals surface area contributed by atoms with Crippen LogP contribution in [0, 0.1) is 5.82 Å². The first-order chi connectivity index (χ1) is 18.1. The van der Waals surface area contributed by atoms with Gasteiger partial charge in [-0.3, -0.25) is 9.78 Å². The van der Waals surface area contributed by atoms with Crippen LogP contribution in [0.1, 0.15) is 39.5 Å². The number of hydrogen-bond acceptors (Lipinski definition) is 4. The third-order valence-electron chi connectivity index (χ3n) is 6.21. The van der Waals surface area contributed by atoms with Crippen LogP contribution in [0.15, 0.2) is 96.4 Å². The molecule has 5 rings (SSSR count). The number of aromatic nitrogens is 3. The molecular formula is C30H27FN4OS. The van der Waals surface area contributed by atoms with E-state index >= 15 is 0 Å². The third-order valence-corrected chi connectivity index (χ3v) is 7.26. The highest BCUT2D eigenvalue weighted by molar-refractivity contribution is 7.98. The van der Waals surface area contributed by atoms with Crippen molar-refractivity contribution in [3.05, 3.63) is 125 Å². The molecule has 0 saturated carbocycles. The predicted octanol–water partition coefficient (Wildman–Crippen LogP) is 6.40. The van der Waals surface area contributed by atoms with E-state index in [0.717, 1.165) is 39.3 Å². The van der Waals surface area contributed by atoms with E-state index in [0.29, 0.717) is 24.4 Å². The molecule has 3 aromatic carbocycles. The van der Waals surface area contributed by atoms with Gasteiger partial charge in [-0.1, -0.05) is 67.2 Å². The lowest BCUT2D eigenvalue weighted by Crippen LogP contribution is -2.22. The van der Waals surface area contributed by atoms with Gasteiger partial charge in [-0.2, -0.15) is 0 Å². The summed E-state index contributed by atoms with van der Waals surface area (Å²) >= 11 is 1.60. The molecule has 2 heterocycles. The molecule has 0 aliphatic rings. The Kier molecular flexibility index (Phi) is 7.61. The maximum atomic E-state index is 13.8. The first-order valence-electron chi connectivity index (χ1n) is 12.2. The summed E-state index contributed by atoms with van der Waals surface area (Å²) in [6, 6.07) is 24.4. The Labute approximate surface area is 219 Å². The molecule has 0 fully saturated rings. The summed E-state index contributed by atoms with van der Waals surface area (Å²) in [5.74, 6) is 0.335. The quantitative estimate of drug-likeness (QED) is 0.233. The van der Waals surface area contributed by atoms with Crippen molar-refractivity contribution < 1.29 is 9.18 Å². The van der Waals surface area contributed by atoms with Crippen LogP contribution in [-0.2, 0) is 25.3 Å². The zero-order valence-corrected chi connectivity index (χ0v) is 21.3. The minimum absolute atomic E-state index is 0.0943. The second kappa shape index (κ2) is 11.4. The summed E-state index contributed by atoms with van der Waals surface area (Å²) in [7, 11) is 0. The van der Waals surface area contributed by atoms with Crippen molar-refractivity contribution in [3.8, 4) is 0 Å². The van der Waals surface area contributed by atoms with Crippen LogP contribution in [0.25, 0.3) is 11.0 Å². The summed E-state index contributed by atoms with van der Waals surface area (Å²) in [6.07, 6.45) is 4.51. The molecule has 37 heavy (non-hydrogen) atoms. The van der Waals surface area contributed by atoms with Gasteiger partial charge in [0.25, 0.3) is 5.91 Å². The Balaban J connectivity index is 1.24. The van der Waals surface area contributed by atoms with E-state index in [-0.39, 0.29) is 11.7 Å². The lowest BCUT2D eigenvalue weighted by atomic mass is 10.1. The van der Waals surface area contributed by atoms with Gasteiger partial charge in [0.15, 0.2) is 5.16 Å². The fraction of sp³-hybridized carbons (Fsp3) is 0.167. The Morgan fingerprint density at radius 1 is 0.946 bits per heavy atom. The minimum Gasteiger partial charge on any atom is -0.348 e. The molecule has 7 heteroatoms. The third kappa shape index (κ3) is 6.06. The largest absolute Gasteiger partial charge is 0.348 e. The standard InChI is InChI=1S/C30H27FN4OS/c1-2-21-6-8-22(9-7-21)17-33-29(36)25-12-10-23(11-13-25)20-37-30-34-27-14-15-32-18-28(27)35(30)19-24-4-3-5-26(31)16-24/h3-16,18H,2,17,19-20H2,1H3,(H,33,36). The highest BCUT2D eigenvalue weighted by Crippen LogP contribution is 2.27. The molecule has 0 spiro atoms. The van der Waals surface area contributed by atoms with Crippen molar-refractivity contribution in [1.29, 1.82) is 0 Å². The van der Waals surface area contributed by atoms with E-state index in [9.17, 15) is 9.18 Å². The summed E-state index contributed by atoms with van der Waals surface area (Å²) in [6.45, 7) is 3.12. The van der Waals surface area contributed by atoms with E-state index in [1.807, 2.05) is 36.4 Å². The molecule has 0 aliphatic carbocycles. The number of thioether (sulfide) groups is 1. The van der Waals surface area contributed by atoms with Gasteiger partial charge in [0.05, 0.1) is 23.8 Å². The van der Waals surface area contributed by atoms with Crippen LogP contribution >= 0.6 is 11.8 Å². The maximum Gasteiger partial charge on any atom is 0.251 e. The minimum atomic E-state index is -0.257. The molecular weight excluding hydrogens is 483 g/mol. The van der Waals surface area contributed by atoms with Crippen LogP contribution in [0.4, 0.5) is 4.39 Å². The fourth-order valence-electron chi connectivity index (χ4n) is 4.11. The second-order valence-electron chi connectivity index (χ2n) is 8.81. The molecule has 2 aromatic heterocycles. The highest BCUT2D eigenvalue weighted by atomic mass is 32.2. The highest BCUT2D eigenvalue weighted by Gasteiger charge is 2.13. The van der Waals surface area contributed by atoms with Crippen molar-refractivity contribution >= 4 is 28.7 Å². The van der Waals surface area contributed by atoms with Gasteiger partial charge >= 0.3 is 0 Å². The first kappa shape index (κ1) is 24.7. The number of hydrogen-bond donors (Lipinski definition) is 1. The number of nitrogens with zero attached hydrogens (tertiary/aromatic N) is 3. The number of aryl methyl sites for hydroxylation is 1. The van der Waals surface area contributed by atoms with E-state index in [1.165, 1.54) is 11.6 Å². The average molecular weight is 511 g/mol. The Bertz CT molecular complexity index is 1510. The molecule has 1 N–H and O–H groups in total. The fourth-order valence-corrected chi connectivity index (χ4v) is 5.08. The van der Waals surface area contributed by atoms with Gasteiger partial charge in [-0.25, -0.2) is 9.37 Å².